The molecule has 0 fully saturated rings. The minimum Gasteiger partial charge on any atom is -0.486 e. The second-order valence-corrected chi connectivity index (χ2v) is 5.29. The topological polar surface area (TPSA) is 130 Å². The molecule has 1 amide bonds. The molecule has 0 saturated heterocycles. The lowest BCUT2D eigenvalue weighted by Gasteiger charge is -2.19. The highest BCUT2D eigenvalue weighted by molar-refractivity contribution is 5.96. The molecule has 26 heavy (non-hydrogen) atoms. The zero-order valence-corrected chi connectivity index (χ0v) is 13.6. The summed E-state index contributed by atoms with van der Waals surface area (Å²) in [6.45, 7) is 2.23. The minimum atomic E-state index is -1.15. The molecule has 0 spiro atoms. The van der Waals surface area contributed by atoms with Gasteiger partial charge < -0.3 is 23.9 Å². The van der Waals surface area contributed by atoms with Crippen molar-refractivity contribution in [1.29, 1.82) is 0 Å². The van der Waals surface area contributed by atoms with Crippen LogP contribution in [0.1, 0.15) is 17.5 Å². The highest BCUT2D eigenvalue weighted by atomic mass is 16.7. The van der Waals surface area contributed by atoms with Gasteiger partial charge in [-0.1, -0.05) is 0 Å². The fourth-order valence-corrected chi connectivity index (χ4v) is 2.17. The number of amides is 1. The highest BCUT2D eigenvalue weighted by Crippen LogP contribution is 2.32. The third-order valence-corrected chi connectivity index (χ3v) is 3.44. The molecule has 1 aromatic heterocycles. The molecule has 2 heterocycles. The van der Waals surface area contributed by atoms with Crippen molar-refractivity contribution >= 4 is 23.4 Å². The molecule has 1 N–H and O–H groups in total. The predicted octanol–water partition coefficient (Wildman–Crippen LogP) is 2.14. The summed E-state index contributed by atoms with van der Waals surface area (Å²) in [7, 11) is 0. The van der Waals surface area contributed by atoms with Crippen LogP contribution in [0.25, 0.3) is 0 Å². The van der Waals surface area contributed by atoms with E-state index >= 15 is 0 Å². The first kappa shape index (κ1) is 17.3. The van der Waals surface area contributed by atoms with E-state index in [2.05, 4.69) is 5.32 Å². The molecular weight excluding hydrogens is 348 g/mol. The lowest BCUT2D eigenvalue weighted by atomic mass is 10.2. The van der Waals surface area contributed by atoms with Crippen LogP contribution in [0.3, 0.4) is 0 Å². The van der Waals surface area contributed by atoms with Crippen LogP contribution in [0.15, 0.2) is 34.7 Å². The first-order valence-electron chi connectivity index (χ1n) is 7.60. The number of hydrogen-bond donors (Lipinski definition) is 1. The molecule has 0 radical (unpaired) electrons. The average Bonchev–Trinajstić information content (AvgIpc) is 3.12. The van der Waals surface area contributed by atoms with E-state index in [0.29, 0.717) is 30.4 Å². The molecule has 136 valence electrons. The summed E-state index contributed by atoms with van der Waals surface area (Å²) in [6, 6.07) is 7.00. The summed E-state index contributed by atoms with van der Waals surface area (Å²) >= 11 is 0. The molecule has 3 rings (SSSR count). The van der Waals surface area contributed by atoms with Gasteiger partial charge in [-0.05, 0) is 25.1 Å². The number of ether oxygens (including phenoxy) is 3. The number of furan rings is 1. The summed E-state index contributed by atoms with van der Waals surface area (Å²) in [5.74, 6) is -1.45. The number of anilines is 1. The number of nitrogens with one attached hydrogen (secondary N) is 1. The van der Waals surface area contributed by atoms with Crippen molar-refractivity contribution in [3.05, 3.63) is 46.2 Å². The maximum Gasteiger partial charge on any atom is 0.433 e. The van der Waals surface area contributed by atoms with Crippen LogP contribution in [0.5, 0.6) is 11.5 Å². The number of carbonyl (C=O) groups is 2. The number of benzene rings is 1. The number of rotatable bonds is 5. The Bertz CT molecular complexity index is 860. The second-order valence-electron chi connectivity index (χ2n) is 5.29. The lowest BCUT2D eigenvalue weighted by Crippen LogP contribution is -2.30. The van der Waals surface area contributed by atoms with Crippen LogP contribution in [-0.4, -0.2) is 36.1 Å². The Balaban J connectivity index is 1.60. The smallest absolute Gasteiger partial charge is 0.433 e. The number of carbonyl (C=O) groups excluding carboxylic acids is 2. The number of nitro groups is 1. The van der Waals surface area contributed by atoms with Gasteiger partial charge in [-0.15, -0.1) is 0 Å². The Morgan fingerprint density at radius 2 is 1.92 bits per heavy atom. The summed E-state index contributed by atoms with van der Waals surface area (Å²) in [4.78, 5) is 33.8. The largest absolute Gasteiger partial charge is 0.486 e. The third-order valence-electron chi connectivity index (χ3n) is 3.44. The van der Waals surface area contributed by atoms with Crippen molar-refractivity contribution in [3.63, 3.8) is 0 Å². The van der Waals surface area contributed by atoms with Gasteiger partial charge in [0.2, 0.25) is 5.76 Å². The quantitative estimate of drug-likeness (QED) is 0.486. The summed E-state index contributed by atoms with van der Waals surface area (Å²) in [6.07, 6.45) is -1.15. The van der Waals surface area contributed by atoms with Crippen LogP contribution in [0.4, 0.5) is 11.6 Å². The molecule has 1 aliphatic heterocycles. The van der Waals surface area contributed by atoms with E-state index in [1.807, 2.05) is 0 Å². The number of hydrogen-bond acceptors (Lipinski definition) is 8. The van der Waals surface area contributed by atoms with Gasteiger partial charge >= 0.3 is 11.9 Å². The van der Waals surface area contributed by atoms with E-state index in [1.165, 1.54) is 6.92 Å². The zero-order chi connectivity index (χ0) is 18.7. The van der Waals surface area contributed by atoms with Gasteiger partial charge in [0, 0.05) is 11.8 Å². The van der Waals surface area contributed by atoms with Crippen LogP contribution in [0.2, 0.25) is 0 Å². The predicted molar refractivity (Wildman–Crippen MR) is 86.3 cm³/mol. The fraction of sp³-hybridized carbons (Fsp3) is 0.250. The van der Waals surface area contributed by atoms with Crippen molar-refractivity contribution in [2.24, 2.45) is 0 Å². The van der Waals surface area contributed by atoms with Crippen molar-refractivity contribution in [3.8, 4) is 11.5 Å². The van der Waals surface area contributed by atoms with Gasteiger partial charge in [0.25, 0.3) is 5.91 Å². The van der Waals surface area contributed by atoms with Crippen molar-refractivity contribution in [2.75, 3.05) is 18.5 Å². The molecule has 1 atom stereocenters. The fourth-order valence-electron chi connectivity index (χ4n) is 2.17. The van der Waals surface area contributed by atoms with E-state index in [9.17, 15) is 19.7 Å². The molecule has 0 bridgehead atoms. The molecule has 10 heteroatoms. The molecule has 0 saturated carbocycles. The zero-order valence-electron chi connectivity index (χ0n) is 13.6. The Hall–Kier alpha value is -3.56. The molecule has 2 aromatic rings. The van der Waals surface area contributed by atoms with E-state index in [1.54, 1.807) is 18.2 Å². The monoisotopic (exact) mass is 362 g/mol. The maximum atomic E-state index is 12.2. The van der Waals surface area contributed by atoms with Crippen LogP contribution in [0, 0.1) is 10.1 Å². The highest BCUT2D eigenvalue weighted by Gasteiger charge is 2.24. The standard InChI is InChI=1S/C16H14N2O8/c1-9(25-16(20)12-4-5-14(26-12)18(21)22)15(19)17-10-2-3-11-13(8-10)24-7-6-23-11/h2-5,8-9H,6-7H2,1H3,(H,17,19)/t9-/m1/s1. The molecule has 0 unspecified atom stereocenters. The molecule has 1 aliphatic rings. The first-order valence-corrected chi connectivity index (χ1v) is 7.60. The van der Waals surface area contributed by atoms with E-state index < -0.39 is 28.8 Å². The third kappa shape index (κ3) is 3.74. The Morgan fingerprint density at radius 3 is 2.62 bits per heavy atom. The summed E-state index contributed by atoms with van der Waals surface area (Å²) < 4.78 is 20.5. The lowest BCUT2D eigenvalue weighted by molar-refractivity contribution is -0.402. The van der Waals surface area contributed by atoms with Gasteiger partial charge in [0.1, 0.15) is 18.1 Å². The van der Waals surface area contributed by atoms with Crippen LogP contribution < -0.4 is 14.8 Å². The van der Waals surface area contributed by atoms with E-state index in [0.717, 1.165) is 12.1 Å². The van der Waals surface area contributed by atoms with E-state index in [4.69, 9.17) is 18.6 Å². The molecular formula is C16H14N2O8. The number of esters is 1. The Morgan fingerprint density at radius 1 is 1.19 bits per heavy atom. The first-order chi connectivity index (χ1) is 12.4. The second kappa shape index (κ2) is 7.13. The van der Waals surface area contributed by atoms with Gasteiger partial charge in [-0.2, -0.15) is 0 Å². The van der Waals surface area contributed by atoms with Gasteiger partial charge in [0.15, 0.2) is 17.6 Å². The summed E-state index contributed by atoms with van der Waals surface area (Å²) in [5.41, 5.74) is 0.441. The number of fused-ring (bicyclic) bond motifs is 1. The number of nitrogens with zero attached hydrogens (tertiary/aromatic N) is 1. The normalized spacial score (nSPS) is 13.6. The van der Waals surface area contributed by atoms with Gasteiger partial charge in [0.05, 0.1) is 6.07 Å². The van der Waals surface area contributed by atoms with Crippen LogP contribution >= 0.6 is 0 Å². The van der Waals surface area contributed by atoms with Crippen LogP contribution in [-0.2, 0) is 9.53 Å². The molecule has 10 nitrogen and oxygen atoms in total. The Kier molecular flexibility index (Phi) is 4.74. The Labute approximate surface area is 146 Å². The van der Waals surface area contributed by atoms with Gasteiger partial charge in [-0.3, -0.25) is 14.9 Å². The summed E-state index contributed by atoms with van der Waals surface area (Å²) in [5, 5.41) is 13.1. The van der Waals surface area contributed by atoms with Gasteiger partial charge in [-0.25, -0.2) is 4.79 Å². The minimum absolute atomic E-state index is 0.365. The van der Waals surface area contributed by atoms with Crippen molar-refractivity contribution < 1.29 is 33.1 Å². The van der Waals surface area contributed by atoms with Crippen molar-refractivity contribution in [2.45, 2.75) is 13.0 Å². The maximum absolute atomic E-state index is 12.2. The molecule has 0 aliphatic carbocycles. The van der Waals surface area contributed by atoms with E-state index in [-0.39, 0.29) is 5.76 Å². The average molecular weight is 362 g/mol. The van der Waals surface area contributed by atoms with Crippen molar-refractivity contribution in [1.82, 2.24) is 0 Å². The SMILES string of the molecule is C[C@@H](OC(=O)c1ccc([N+](=O)[O-])o1)C(=O)Nc1ccc2c(c1)OCCO2. The molecule has 1 aromatic carbocycles.